The number of likely N-dealkylation sites (N-methyl/N-ethyl adjacent to an activating group) is 1. The molecule has 0 saturated carbocycles. The van der Waals surface area contributed by atoms with Crippen molar-refractivity contribution < 1.29 is 37.3 Å². The lowest BCUT2D eigenvalue weighted by Crippen LogP contribution is -2.37. The second kappa shape index (κ2) is 34.3. The average molecular weight is 718 g/mol. The number of hydrogen-bond acceptors (Lipinski definition) is 7. The highest BCUT2D eigenvalue weighted by Gasteiger charge is 2.20. The third-order valence-corrected chi connectivity index (χ3v) is 9.78. The molecule has 0 fully saturated rings. The maximum Gasteiger partial charge on any atom is 0.306 e. The van der Waals surface area contributed by atoms with E-state index in [4.69, 9.17) is 18.5 Å². The molecule has 0 heterocycles. The van der Waals surface area contributed by atoms with E-state index in [0.29, 0.717) is 24.1 Å². The summed E-state index contributed by atoms with van der Waals surface area (Å²) in [6, 6.07) is 0. The summed E-state index contributed by atoms with van der Waals surface area (Å²) in [5.74, 6) is -0.335. The van der Waals surface area contributed by atoms with Gasteiger partial charge in [0, 0.05) is 13.0 Å². The van der Waals surface area contributed by atoms with Gasteiger partial charge in [-0.15, -0.1) is 0 Å². The van der Waals surface area contributed by atoms with Crippen molar-refractivity contribution in [2.45, 2.75) is 187 Å². The monoisotopic (exact) mass is 718 g/mol. The summed E-state index contributed by atoms with van der Waals surface area (Å²) in [4.78, 5) is 24.9. The van der Waals surface area contributed by atoms with Crippen molar-refractivity contribution in [3.05, 3.63) is 12.2 Å². The maximum atomic E-state index is 12.6. The number of carbonyl (C=O) groups is 1. The maximum absolute atomic E-state index is 12.6. The zero-order chi connectivity index (χ0) is 36.3. The molecule has 0 aliphatic rings. The third-order valence-electron chi connectivity index (χ3n) is 8.82. The van der Waals surface area contributed by atoms with Crippen molar-refractivity contribution in [1.29, 1.82) is 0 Å². The Balaban J connectivity index is 4.26. The van der Waals surface area contributed by atoms with Crippen LogP contribution in [0, 0.1) is 0 Å². The molecule has 9 heteroatoms. The first-order valence-corrected chi connectivity index (χ1v) is 21.9. The lowest BCUT2D eigenvalue weighted by atomic mass is 10.0. The van der Waals surface area contributed by atoms with Gasteiger partial charge in [-0.3, -0.25) is 9.36 Å². The lowest BCUT2D eigenvalue weighted by molar-refractivity contribution is -0.870. The first kappa shape index (κ1) is 48.2. The minimum atomic E-state index is -4.51. The topological polar surface area (TPSA) is 94.1 Å². The van der Waals surface area contributed by atoms with Crippen LogP contribution in [0.25, 0.3) is 0 Å². The minimum Gasteiger partial charge on any atom is -0.756 e. The van der Waals surface area contributed by atoms with E-state index in [2.05, 4.69) is 26.0 Å². The van der Waals surface area contributed by atoms with Crippen LogP contribution in [0.4, 0.5) is 0 Å². The summed E-state index contributed by atoms with van der Waals surface area (Å²) >= 11 is 0. The summed E-state index contributed by atoms with van der Waals surface area (Å²) in [5, 5.41) is 0. The van der Waals surface area contributed by atoms with Gasteiger partial charge in [0.1, 0.15) is 19.3 Å². The molecule has 0 aromatic rings. The van der Waals surface area contributed by atoms with Crippen LogP contribution in [0.1, 0.15) is 181 Å². The van der Waals surface area contributed by atoms with E-state index in [9.17, 15) is 14.3 Å². The highest BCUT2D eigenvalue weighted by Crippen LogP contribution is 2.38. The summed E-state index contributed by atoms with van der Waals surface area (Å²) in [5.41, 5.74) is 0. The Labute approximate surface area is 303 Å². The Morgan fingerprint density at radius 2 is 1.06 bits per heavy atom. The first-order valence-electron chi connectivity index (χ1n) is 20.4. The van der Waals surface area contributed by atoms with Crippen LogP contribution in [0.5, 0.6) is 0 Å². The molecule has 0 rings (SSSR count). The number of unbranched alkanes of at least 4 members (excludes halogenated alkanes) is 22. The molecule has 2 atom stereocenters. The van der Waals surface area contributed by atoms with Gasteiger partial charge in [0.2, 0.25) is 0 Å². The van der Waals surface area contributed by atoms with E-state index >= 15 is 0 Å². The van der Waals surface area contributed by atoms with Gasteiger partial charge >= 0.3 is 5.97 Å². The molecular weight excluding hydrogens is 637 g/mol. The van der Waals surface area contributed by atoms with E-state index < -0.39 is 13.9 Å². The molecule has 292 valence electrons. The Hall–Kier alpha value is -0.760. The van der Waals surface area contributed by atoms with Crippen molar-refractivity contribution >= 4 is 13.8 Å². The third kappa shape index (κ3) is 38.3. The second-order valence-corrected chi connectivity index (χ2v) is 16.4. The number of allylic oxidation sites excluding steroid dienone is 2. The van der Waals surface area contributed by atoms with Crippen LogP contribution in [-0.4, -0.2) is 70.7 Å². The number of ether oxygens (including phenoxy) is 2. The summed E-state index contributed by atoms with van der Waals surface area (Å²) < 4.78 is 34.5. The number of carbonyl (C=O) groups excluding carboxylic acids is 1. The smallest absolute Gasteiger partial charge is 0.306 e. The predicted octanol–water partition coefficient (Wildman–Crippen LogP) is 10.9. The van der Waals surface area contributed by atoms with Gasteiger partial charge in [0.15, 0.2) is 0 Å². The molecular formula is C40H80NO7P. The fourth-order valence-corrected chi connectivity index (χ4v) is 6.33. The van der Waals surface area contributed by atoms with Crippen molar-refractivity contribution in [1.82, 2.24) is 0 Å². The van der Waals surface area contributed by atoms with E-state index in [-0.39, 0.29) is 25.8 Å². The molecule has 1 unspecified atom stereocenters. The van der Waals surface area contributed by atoms with E-state index in [1.54, 1.807) is 0 Å². The number of rotatable bonds is 38. The molecule has 0 aliphatic heterocycles. The van der Waals surface area contributed by atoms with Crippen molar-refractivity contribution in [2.24, 2.45) is 0 Å². The van der Waals surface area contributed by atoms with Crippen LogP contribution in [-0.2, 0) is 27.9 Å². The normalized spacial score (nSPS) is 14.0. The van der Waals surface area contributed by atoms with Crippen LogP contribution >= 0.6 is 7.82 Å². The van der Waals surface area contributed by atoms with Crippen LogP contribution < -0.4 is 4.89 Å². The molecule has 0 amide bonds. The molecule has 0 bridgehead atoms. The number of phosphoric ester groups is 1. The molecule has 49 heavy (non-hydrogen) atoms. The fourth-order valence-electron chi connectivity index (χ4n) is 5.60. The van der Waals surface area contributed by atoms with Gasteiger partial charge in [-0.25, -0.2) is 0 Å². The van der Waals surface area contributed by atoms with Crippen LogP contribution in [0.2, 0.25) is 0 Å². The molecule has 0 N–H and O–H groups in total. The summed E-state index contributed by atoms with van der Waals surface area (Å²) in [6.45, 7) is 5.40. The Morgan fingerprint density at radius 1 is 0.612 bits per heavy atom. The molecule has 0 aromatic carbocycles. The highest BCUT2D eigenvalue weighted by molar-refractivity contribution is 7.45. The minimum absolute atomic E-state index is 0.0279. The Morgan fingerprint density at radius 3 is 1.57 bits per heavy atom. The first-order chi connectivity index (χ1) is 23.6. The number of hydrogen-bond donors (Lipinski definition) is 0. The average Bonchev–Trinajstić information content (AvgIpc) is 3.04. The fraction of sp³-hybridized carbons (Fsp3) is 0.925. The van der Waals surface area contributed by atoms with Crippen LogP contribution in [0.3, 0.4) is 0 Å². The number of quaternary nitrogens is 1. The van der Waals surface area contributed by atoms with Crippen LogP contribution in [0.15, 0.2) is 12.2 Å². The number of phosphoric acid groups is 1. The molecule has 0 spiro atoms. The van der Waals surface area contributed by atoms with Gasteiger partial charge < -0.3 is 27.9 Å². The molecule has 0 radical (unpaired) electrons. The standard InChI is InChI=1S/C40H80NO7P/c1-6-8-10-12-14-16-18-20-22-24-26-28-30-32-35-45-37-39(38-47-49(43,44)46-36-34-41(3,4)5)48-40(42)33-31-29-27-25-23-21-19-17-15-13-11-9-7-2/h16,18,39H,6-15,17,19-38H2,1-5H3/b18-16-/t39-/m1/s1. The molecule has 0 saturated heterocycles. The number of nitrogens with zero attached hydrogens (tertiary/aromatic N) is 1. The van der Waals surface area contributed by atoms with Gasteiger partial charge in [-0.2, -0.15) is 0 Å². The SMILES string of the molecule is CCCCCC/C=C\CCCCCCCCOC[C@H](COP(=O)([O-])OCC[N+](C)(C)C)OC(=O)CCCCCCCCCCCCCCC. The van der Waals surface area contributed by atoms with Gasteiger partial charge in [-0.1, -0.05) is 148 Å². The van der Waals surface area contributed by atoms with E-state index in [1.165, 1.54) is 128 Å². The summed E-state index contributed by atoms with van der Waals surface area (Å²) in [6.07, 6.45) is 34.9. The molecule has 0 aromatic heterocycles. The molecule has 8 nitrogen and oxygen atoms in total. The van der Waals surface area contributed by atoms with E-state index in [1.807, 2.05) is 21.1 Å². The molecule has 0 aliphatic carbocycles. The van der Waals surface area contributed by atoms with Crippen molar-refractivity contribution in [3.8, 4) is 0 Å². The summed E-state index contributed by atoms with van der Waals surface area (Å²) in [7, 11) is 1.36. The largest absolute Gasteiger partial charge is 0.756 e. The van der Waals surface area contributed by atoms with Gasteiger partial charge in [-0.05, 0) is 38.5 Å². The van der Waals surface area contributed by atoms with Crippen molar-refractivity contribution in [3.63, 3.8) is 0 Å². The Bertz CT molecular complexity index is 802. The highest BCUT2D eigenvalue weighted by atomic mass is 31.2. The zero-order valence-electron chi connectivity index (χ0n) is 32.9. The zero-order valence-corrected chi connectivity index (χ0v) is 33.8. The van der Waals surface area contributed by atoms with Gasteiger partial charge in [0.25, 0.3) is 7.82 Å². The quantitative estimate of drug-likeness (QED) is 0.0206. The van der Waals surface area contributed by atoms with Crippen molar-refractivity contribution in [2.75, 3.05) is 54.1 Å². The Kier molecular flexibility index (Phi) is 33.8. The van der Waals surface area contributed by atoms with E-state index in [0.717, 1.165) is 32.1 Å². The van der Waals surface area contributed by atoms with Gasteiger partial charge in [0.05, 0.1) is 34.4 Å². The predicted molar refractivity (Wildman–Crippen MR) is 204 cm³/mol. The number of esters is 1. The lowest BCUT2D eigenvalue weighted by Gasteiger charge is -2.28. The second-order valence-electron chi connectivity index (χ2n) is 15.0.